The van der Waals surface area contributed by atoms with Crippen LogP contribution < -0.4 is 5.73 Å². The van der Waals surface area contributed by atoms with E-state index in [1.165, 1.54) is 28.5 Å². The maximum Gasteiger partial charge on any atom is 0.0786 e. The molecule has 2 aliphatic rings. The van der Waals surface area contributed by atoms with Crippen molar-refractivity contribution >= 4 is 21.4 Å². The minimum Gasteiger partial charge on any atom is -0.376 e. The molecule has 2 aromatic rings. The van der Waals surface area contributed by atoms with Crippen LogP contribution in [0.4, 0.5) is 0 Å². The number of fused-ring (bicyclic) bond motifs is 1. The van der Waals surface area contributed by atoms with Gasteiger partial charge in [0.15, 0.2) is 0 Å². The Morgan fingerprint density at radius 3 is 3.00 bits per heavy atom. The Morgan fingerprint density at radius 2 is 2.16 bits per heavy atom. The van der Waals surface area contributed by atoms with Gasteiger partial charge in [-0.2, -0.15) is 0 Å². The quantitative estimate of drug-likeness (QED) is 0.931. The van der Waals surface area contributed by atoms with Crippen LogP contribution in [0.15, 0.2) is 29.6 Å². The smallest absolute Gasteiger partial charge is 0.0786 e. The Bertz CT molecular complexity index is 604. The lowest BCUT2D eigenvalue weighted by atomic mass is 9.83. The summed E-state index contributed by atoms with van der Waals surface area (Å²) in [6, 6.07) is 8.63. The molecule has 19 heavy (non-hydrogen) atoms. The summed E-state index contributed by atoms with van der Waals surface area (Å²) >= 11 is 1.82. The molecule has 2 fully saturated rings. The maximum absolute atomic E-state index is 6.71. The summed E-state index contributed by atoms with van der Waals surface area (Å²) in [4.78, 5) is 0. The normalized spacial score (nSPS) is 31.1. The Hall–Kier alpha value is -0.900. The second-order valence-corrected chi connectivity index (χ2v) is 6.96. The van der Waals surface area contributed by atoms with Gasteiger partial charge < -0.3 is 10.5 Å². The molecule has 100 valence electrons. The van der Waals surface area contributed by atoms with Gasteiger partial charge in [0.2, 0.25) is 0 Å². The van der Waals surface area contributed by atoms with Crippen molar-refractivity contribution in [2.24, 2.45) is 11.7 Å². The van der Waals surface area contributed by atoms with Crippen molar-refractivity contribution in [3.63, 3.8) is 0 Å². The summed E-state index contributed by atoms with van der Waals surface area (Å²) in [5.74, 6) is 0.720. The number of nitrogens with two attached hydrogens (primary N) is 1. The molecule has 0 spiro atoms. The van der Waals surface area contributed by atoms with Crippen LogP contribution in [0.5, 0.6) is 0 Å². The molecular formula is C16H19NOS. The van der Waals surface area contributed by atoms with Crippen LogP contribution in [0.25, 0.3) is 10.1 Å². The molecule has 1 saturated heterocycles. The SMILES string of the molecule is NC1(Cc2csc3ccccc23)CCOC1C1CC1. The van der Waals surface area contributed by atoms with Crippen LogP contribution >= 0.6 is 11.3 Å². The van der Waals surface area contributed by atoms with Gasteiger partial charge in [0.05, 0.1) is 6.10 Å². The molecule has 0 radical (unpaired) electrons. The lowest BCUT2D eigenvalue weighted by molar-refractivity contribution is 0.0628. The molecule has 1 aliphatic heterocycles. The minimum atomic E-state index is -0.148. The molecule has 0 bridgehead atoms. The Balaban J connectivity index is 1.66. The topological polar surface area (TPSA) is 35.2 Å². The second kappa shape index (κ2) is 4.30. The fraction of sp³-hybridized carbons (Fsp3) is 0.500. The van der Waals surface area contributed by atoms with E-state index in [0.29, 0.717) is 0 Å². The molecule has 1 aromatic carbocycles. The lowest BCUT2D eigenvalue weighted by Crippen LogP contribution is -2.50. The van der Waals surface area contributed by atoms with Crippen molar-refractivity contribution in [3.8, 4) is 0 Å². The minimum absolute atomic E-state index is 0.148. The van der Waals surface area contributed by atoms with Gasteiger partial charge in [0, 0.05) is 16.8 Å². The third kappa shape index (κ3) is 2.00. The zero-order chi connectivity index (χ0) is 12.9. The third-order valence-corrected chi connectivity index (χ3v) is 5.57. The number of benzene rings is 1. The van der Waals surface area contributed by atoms with E-state index < -0.39 is 0 Å². The van der Waals surface area contributed by atoms with E-state index in [9.17, 15) is 0 Å². The average molecular weight is 273 g/mol. The highest BCUT2D eigenvalue weighted by Crippen LogP contribution is 2.44. The molecule has 1 saturated carbocycles. The van der Waals surface area contributed by atoms with Gasteiger partial charge in [0.25, 0.3) is 0 Å². The number of rotatable bonds is 3. The summed E-state index contributed by atoms with van der Waals surface area (Å²) in [7, 11) is 0. The molecular weight excluding hydrogens is 254 g/mol. The predicted octanol–water partition coefficient (Wildman–Crippen LogP) is 3.34. The number of hydrogen-bond donors (Lipinski definition) is 1. The van der Waals surface area contributed by atoms with Crippen LogP contribution in [0, 0.1) is 5.92 Å². The van der Waals surface area contributed by atoms with Crippen molar-refractivity contribution in [3.05, 3.63) is 35.2 Å². The first-order valence-electron chi connectivity index (χ1n) is 7.12. The fourth-order valence-corrected chi connectivity index (χ4v) is 4.36. The Labute approximate surface area is 117 Å². The summed E-state index contributed by atoms with van der Waals surface area (Å²) in [5.41, 5.74) is 7.96. The van der Waals surface area contributed by atoms with Gasteiger partial charge >= 0.3 is 0 Å². The van der Waals surface area contributed by atoms with E-state index in [1.807, 2.05) is 11.3 Å². The summed E-state index contributed by atoms with van der Waals surface area (Å²) in [6.07, 6.45) is 4.84. The van der Waals surface area contributed by atoms with E-state index in [-0.39, 0.29) is 11.6 Å². The average Bonchev–Trinajstić information content (AvgIpc) is 3.08. The monoisotopic (exact) mass is 273 g/mol. The van der Waals surface area contributed by atoms with Crippen LogP contribution in [-0.4, -0.2) is 18.2 Å². The van der Waals surface area contributed by atoms with E-state index in [0.717, 1.165) is 25.4 Å². The first kappa shape index (κ1) is 11.9. The molecule has 1 aromatic heterocycles. The van der Waals surface area contributed by atoms with Crippen LogP contribution in [0.1, 0.15) is 24.8 Å². The van der Waals surface area contributed by atoms with E-state index in [2.05, 4.69) is 29.6 Å². The van der Waals surface area contributed by atoms with Crippen LogP contribution in [0.3, 0.4) is 0 Å². The number of ether oxygens (including phenoxy) is 1. The highest BCUT2D eigenvalue weighted by atomic mass is 32.1. The number of hydrogen-bond acceptors (Lipinski definition) is 3. The van der Waals surface area contributed by atoms with Crippen LogP contribution in [-0.2, 0) is 11.2 Å². The standard InChI is InChI=1S/C16H19NOS/c17-16(7-8-18-15(16)11-5-6-11)9-12-10-19-14-4-2-1-3-13(12)14/h1-4,10-11,15H,5-9,17H2. The van der Waals surface area contributed by atoms with Gasteiger partial charge in [0.1, 0.15) is 0 Å². The van der Waals surface area contributed by atoms with E-state index in [1.54, 1.807) is 0 Å². The zero-order valence-corrected chi connectivity index (χ0v) is 11.8. The van der Waals surface area contributed by atoms with Gasteiger partial charge in [-0.3, -0.25) is 0 Å². The number of thiophene rings is 1. The summed E-state index contributed by atoms with van der Waals surface area (Å²) in [5, 5.41) is 3.65. The molecule has 2 nitrogen and oxygen atoms in total. The fourth-order valence-electron chi connectivity index (χ4n) is 3.40. The second-order valence-electron chi connectivity index (χ2n) is 6.05. The Morgan fingerprint density at radius 1 is 1.32 bits per heavy atom. The van der Waals surface area contributed by atoms with Gasteiger partial charge in [-0.05, 0) is 54.0 Å². The predicted molar refractivity (Wildman–Crippen MR) is 79.5 cm³/mol. The van der Waals surface area contributed by atoms with E-state index in [4.69, 9.17) is 10.5 Å². The molecule has 3 heteroatoms. The van der Waals surface area contributed by atoms with Gasteiger partial charge in [-0.15, -0.1) is 11.3 Å². The first-order chi connectivity index (χ1) is 9.26. The highest BCUT2D eigenvalue weighted by Gasteiger charge is 2.48. The van der Waals surface area contributed by atoms with E-state index >= 15 is 0 Å². The van der Waals surface area contributed by atoms with Crippen molar-refractivity contribution < 1.29 is 4.74 Å². The van der Waals surface area contributed by atoms with Crippen LogP contribution in [0.2, 0.25) is 0 Å². The zero-order valence-electron chi connectivity index (χ0n) is 11.0. The van der Waals surface area contributed by atoms with Crippen molar-refractivity contribution in [1.82, 2.24) is 0 Å². The van der Waals surface area contributed by atoms with Crippen molar-refractivity contribution in [2.75, 3.05) is 6.61 Å². The summed E-state index contributed by atoms with van der Waals surface area (Å²) in [6.45, 7) is 0.833. The Kier molecular flexibility index (Phi) is 2.69. The maximum atomic E-state index is 6.71. The molecule has 4 rings (SSSR count). The van der Waals surface area contributed by atoms with Crippen molar-refractivity contribution in [2.45, 2.75) is 37.3 Å². The molecule has 1 aliphatic carbocycles. The van der Waals surface area contributed by atoms with Gasteiger partial charge in [-0.1, -0.05) is 18.2 Å². The third-order valence-electron chi connectivity index (χ3n) is 4.56. The largest absolute Gasteiger partial charge is 0.376 e. The first-order valence-corrected chi connectivity index (χ1v) is 8.00. The van der Waals surface area contributed by atoms with Crippen molar-refractivity contribution in [1.29, 1.82) is 0 Å². The molecule has 0 amide bonds. The highest BCUT2D eigenvalue weighted by molar-refractivity contribution is 7.17. The molecule has 2 N–H and O–H groups in total. The lowest BCUT2D eigenvalue weighted by Gasteiger charge is -2.30. The molecule has 2 heterocycles. The summed E-state index contributed by atoms with van der Waals surface area (Å²) < 4.78 is 7.30. The molecule has 2 unspecified atom stereocenters. The molecule has 2 atom stereocenters. The van der Waals surface area contributed by atoms with Gasteiger partial charge in [-0.25, -0.2) is 0 Å².